The number of amides is 1. The van der Waals surface area contributed by atoms with E-state index in [0.29, 0.717) is 5.56 Å². The molecule has 0 aliphatic carbocycles. The average Bonchev–Trinajstić information content (AvgIpc) is 2.23. The summed E-state index contributed by atoms with van der Waals surface area (Å²) in [5.74, 6) is 0.152. The highest BCUT2D eigenvalue weighted by atomic mass is 16.6. The van der Waals surface area contributed by atoms with Gasteiger partial charge in [0.1, 0.15) is 11.4 Å². The van der Waals surface area contributed by atoms with E-state index in [1.54, 1.807) is 32.9 Å². The number of hydrogen-bond donors (Lipinski definition) is 3. The monoisotopic (exact) mass is 251 g/mol. The molecule has 1 rings (SSSR count). The molecule has 0 unspecified atom stereocenters. The van der Waals surface area contributed by atoms with Crippen LogP contribution < -0.4 is 11.2 Å². The van der Waals surface area contributed by atoms with Crippen molar-refractivity contribution in [1.29, 1.82) is 0 Å². The lowest BCUT2D eigenvalue weighted by Gasteiger charge is -2.18. The highest BCUT2D eigenvalue weighted by Gasteiger charge is 2.15. The summed E-state index contributed by atoms with van der Waals surface area (Å²) < 4.78 is 4.99. The van der Waals surface area contributed by atoms with Gasteiger partial charge in [-0.2, -0.15) is 5.10 Å². The standard InChI is InChI=1S/C12H17N3O3/c1-12(2,3)18-11(17)15-14-10(13)8-5-4-6-9(16)7-8/h4-7,16H,1-3H3,(H2,13,14)(H,15,17). The van der Waals surface area contributed by atoms with Gasteiger partial charge in [-0.3, -0.25) is 0 Å². The van der Waals surface area contributed by atoms with Crippen LogP contribution in [-0.2, 0) is 4.74 Å². The number of nitrogens with one attached hydrogen (secondary N) is 1. The Morgan fingerprint density at radius 1 is 1.44 bits per heavy atom. The molecule has 6 nitrogen and oxygen atoms in total. The maximum absolute atomic E-state index is 11.3. The van der Waals surface area contributed by atoms with Gasteiger partial charge in [0.25, 0.3) is 0 Å². The third-order valence-corrected chi connectivity index (χ3v) is 1.81. The first-order chi connectivity index (χ1) is 8.28. The Balaban J connectivity index is 2.65. The summed E-state index contributed by atoms with van der Waals surface area (Å²) in [6, 6.07) is 6.24. The number of carbonyl (C=O) groups is 1. The van der Waals surface area contributed by atoms with E-state index >= 15 is 0 Å². The van der Waals surface area contributed by atoms with Crippen molar-refractivity contribution in [2.75, 3.05) is 0 Å². The number of phenols is 1. The Morgan fingerprint density at radius 3 is 2.67 bits per heavy atom. The quantitative estimate of drug-likeness (QED) is 0.422. The number of ether oxygens (including phenoxy) is 1. The highest BCUT2D eigenvalue weighted by molar-refractivity contribution is 5.98. The number of hydrogen-bond acceptors (Lipinski definition) is 4. The van der Waals surface area contributed by atoms with Crippen LogP contribution in [-0.4, -0.2) is 22.6 Å². The third kappa shape index (κ3) is 4.73. The number of nitrogens with zero attached hydrogens (tertiary/aromatic N) is 1. The highest BCUT2D eigenvalue weighted by Crippen LogP contribution is 2.10. The summed E-state index contributed by atoms with van der Waals surface area (Å²) in [6.45, 7) is 5.23. The number of rotatable bonds is 2. The van der Waals surface area contributed by atoms with Crippen molar-refractivity contribution in [3.8, 4) is 5.75 Å². The second-order valence-electron chi connectivity index (χ2n) is 4.66. The van der Waals surface area contributed by atoms with Crippen LogP contribution in [0.25, 0.3) is 0 Å². The van der Waals surface area contributed by atoms with Crippen LogP contribution in [0.3, 0.4) is 0 Å². The van der Waals surface area contributed by atoms with Gasteiger partial charge in [-0.25, -0.2) is 10.2 Å². The summed E-state index contributed by atoms with van der Waals surface area (Å²) in [7, 11) is 0. The number of phenolic OH excluding ortho intramolecular Hbond substituents is 1. The van der Waals surface area contributed by atoms with Gasteiger partial charge in [0.05, 0.1) is 0 Å². The van der Waals surface area contributed by atoms with Crippen LogP contribution in [0.15, 0.2) is 29.4 Å². The van der Waals surface area contributed by atoms with Crippen molar-refractivity contribution >= 4 is 11.9 Å². The molecule has 1 aromatic rings. The number of amidine groups is 1. The largest absolute Gasteiger partial charge is 0.508 e. The van der Waals surface area contributed by atoms with E-state index in [-0.39, 0.29) is 11.6 Å². The summed E-state index contributed by atoms with van der Waals surface area (Å²) in [4.78, 5) is 11.3. The zero-order valence-corrected chi connectivity index (χ0v) is 10.6. The molecule has 1 amide bonds. The van der Waals surface area contributed by atoms with Crippen molar-refractivity contribution in [2.45, 2.75) is 26.4 Å². The Labute approximate surface area is 105 Å². The molecule has 0 fully saturated rings. The van der Waals surface area contributed by atoms with E-state index in [4.69, 9.17) is 10.5 Å². The SMILES string of the molecule is CC(C)(C)OC(=O)N/N=C(\N)c1cccc(O)c1. The molecule has 0 aliphatic heterocycles. The van der Waals surface area contributed by atoms with E-state index in [2.05, 4.69) is 10.5 Å². The second kappa shape index (κ2) is 5.39. The van der Waals surface area contributed by atoms with E-state index < -0.39 is 11.7 Å². The molecular weight excluding hydrogens is 234 g/mol. The van der Waals surface area contributed by atoms with Crippen molar-refractivity contribution in [3.05, 3.63) is 29.8 Å². The molecule has 0 radical (unpaired) electrons. The Bertz CT molecular complexity index is 464. The van der Waals surface area contributed by atoms with Gasteiger partial charge in [0.2, 0.25) is 0 Å². The minimum Gasteiger partial charge on any atom is -0.508 e. The first-order valence-corrected chi connectivity index (χ1v) is 5.39. The van der Waals surface area contributed by atoms with Gasteiger partial charge in [0, 0.05) is 5.56 Å². The molecule has 0 heterocycles. The zero-order chi connectivity index (χ0) is 13.8. The minimum atomic E-state index is -0.689. The van der Waals surface area contributed by atoms with E-state index in [9.17, 15) is 9.90 Å². The molecule has 0 saturated carbocycles. The maximum atomic E-state index is 11.3. The van der Waals surface area contributed by atoms with Crippen LogP contribution >= 0.6 is 0 Å². The van der Waals surface area contributed by atoms with Crippen molar-refractivity contribution in [1.82, 2.24) is 5.43 Å². The number of aromatic hydroxyl groups is 1. The van der Waals surface area contributed by atoms with Crippen LogP contribution in [0.2, 0.25) is 0 Å². The zero-order valence-electron chi connectivity index (χ0n) is 10.6. The first kappa shape index (κ1) is 13.8. The molecule has 0 spiro atoms. The lowest BCUT2D eigenvalue weighted by atomic mass is 10.2. The van der Waals surface area contributed by atoms with Gasteiger partial charge >= 0.3 is 6.09 Å². The summed E-state index contributed by atoms with van der Waals surface area (Å²) in [5.41, 5.74) is 7.73. The fourth-order valence-electron chi connectivity index (χ4n) is 1.14. The topological polar surface area (TPSA) is 96.9 Å². The molecule has 18 heavy (non-hydrogen) atoms. The van der Waals surface area contributed by atoms with Gasteiger partial charge < -0.3 is 15.6 Å². The lowest BCUT2D eigenvalue weighted by molar-refractivity contribution is 0.0529. The molecule has 0 bridgehead atoms. The van der Waals surface area contributed by atoms with Crippen molar-refractivity contribution in [3.63, 3.8) is 0 Å². The second-order valence-corrected chi connectivity index (χ2v) is 4.66. The van der Waals surface area contributed by atoms with Gasteiger partial charge in [-0.15, -0.1) is 0 Å². The summed E-state index contributed by atoms with van der Waals surface area (Å²) >= 11 is 0. The lowest BCUT2D eigenvalue weighted by Crippen LogP contribution is -2.31. The van der Waals surface area contributed by atoms with Crippen LogP contribution in [0, 0.1) is 0 Å². The summed E-state index contributed by atoms with van der Waals surface area (Å²) in [6.07, 6.45) is -0.689. The predicted molar refractivity (Wildman–Crippen MR) is 68.2 cm³/mol. The van der Waals surface area contributed by atoms with E-state index in [1.165, 1.54) is 12.1 Å². The number of carbonyl (C=O) groups excluding carboxylic acids is 1. The average molecular weight is 251 g/mol. The number of benzene rings is 1. The smallest absolute Gasteiger partial charge is 0.428 e. The molecule has 4 N–H and O–H groups in total. The van der Waals surface area contributed by atoms with Gasteiger partial charge in [0.15, 0.2) is 5.84 Å². The molecular formula is C12H17N3O3. The predicted octanol–water partition coefficient (Wildman–Crippen LogP) is 1.54. The third-order valence-electron chi connectivity index (χ3n) is 1.81. The molecule has 6 heteroatoms. The first-order valence-electron chi connectivity index (χ1n) is 5.39. The molecule has 1 aromatic carbocycles. The van der Waals surface area contributed by atoms with E-state index in [0.717, 1.165) is 0 Å². The molecule has 0 aromatic heterocycles. The minimum absolute atomic E-state index is 0.0721. The molecule has 0 aliphatic rings. The fourth-order valence-corrected chi connectivity index (χ4v) is 1.14. The van der Waals surface area contributed by atoms with Crippen molar-refractivity contribution in [2.24, 2.45) is 10.8 Å². The maximum Gasteiger partial charge on any atom is 0.428 e. The van der Waals surface area contributed by atoms with Crippen LogP contribution in [0.1, 0.15) is 26.3 Å². The molecule has 0 saturated heterocycles. The fraction of sp³-hybridized carbons (Fsp3) is 0.333. The van der Waals surface area contributed by atoms with E-state index in [1.807, 2.05) is 0 Å². The Hall–Kier alpha value is -2.24. The Morgan fingerprint density at radius 2 is 2.11 bits per heavy atom. The summed E-state index contributed by atoms with van der Waals surface area (Å²) in [5, 5.41) is 12.9. The molecule has 0 atom stereocenters. The molecule has 98 valence electrons. The van der Waals surface area contributed by atoms with Crippen molar-refractivity contribution < 1.29 is 14.6 Å². The van der Waals surface area contributed by atoms with Crippen LogP contribution in [0.5, 0.6) is 5.75 Å². The van der Waals surface area contributed by atoms with Gasteiger partial charge in [-0.1, -0.05) is 12.1 Å². The Kier molecular flexibility index (Phi) is 4.14. The number of hydrazone groups is 1. The normalized spacial score (nSPS) is 12.1. The van der Waals surface area contributed by atoms with Gasteiger partial charge in [-0.05, 0) is 32.9 Å². The van der Waals surface area contributed by atoms with Crippen LogP contribution in [0.4, 0.5) is 4.79 Å². The number of nitrogens with two attached hydrogens (primary N) is 1.